The summed E-state index contributed by atoms with van der Waals surface area (Å²) in [6.07, 6.45) is 5.72. The standard InChI is InChI=1S/C11H22N2O/c12-5-7-14-8-6-13(11-3-4-11)9-10-1-2-10/h10-11H,1-9,12H2. The molecule has 0 saturated heterocycles. The Morgan fingerprint density at radius 2 is 1.93 bits per heavy atom. The summed E-state index contributed by atoms with van der Waals surface area (Å²) in [7, 11) is 0. The lowest BCUT2D eigenvalue weighted by atomic mass is 10.3. The fourth-order valence-corrected chi connectivity index (χ4v) is 1.86. The topological polar surface area (TPSA) is 38.5 Å². The molecule has 0 bridgehead atoms. The van der Waals surface area contributed by atoms with Crippen LogP contribution in [0.2, 0.25) is 0 Å². The molecule has 0 heterocycles. The van der Waals surface area contributed by atoms with Gasteiger partial charge in [0.15, 0.2) is 0 Å². The maximum atomic E-state index is 5.43. The van der Waals surface area contributed by atoms with Crippen molar-refractivity contribution in [2.24, 2.45) is 11.7 Å². The van der Waals surface area contributed by atoms with E-state index in [1.807, 2.05) is 0 Å². The third-order valence-corrected chi connectivity index (χ3v) is 3.04. The first kappa shape index (κ1) is 10.4. The highest BCUT2D eigenvalue weighted by Gasteiger charge is 2.33. The predicted octanol–water partition coefficient (Wildman–Crippen LogP) is 0.836. The molecule has 0 atom stereocenters. The molecule has 0 spiro atoms. The van der Waals surface area contributed by atoms with Crippen molar-refractivity contribution in [1.29, 1.82) is 0 Å². The molecule has 0 amide bonds. The van der Waals surface area contributed by atoms with Crippen molar-refractivity contribution in [3.63, 3.8) is 0 Å². The molecular formula is C11H22N2O. The van der Waals surface area contributed by atoms with Crippen LogP contribution >= 0.6 is 0 Å². The first-order valence-corrected chi connectivity index (χ1v) is 5.92. The molecule has 14 heavy (non-hydrogen) atoms. The second-order valence-corrected chi connectivity index (χ2v) is 4.57. The smallest absolute Gasteiger partial charge is 0.0594 e. The molecule has 2 rings (SSSR count). The maximum absolute atomic E-state index is 5.43. The van der Waals surface area contributed by atoms with E-state index in [-0.39, 0.29) is 0 Å². The average Bonchev–Trinajstić information content (AvgIpc) is 3.02. The number of nitrogens with two attached hydrogens (primary N) is 1. The van der Waals surface area contributed by atoms with E-state index in [2.05, 4.69) is 4.90 Å². The van der Waals surface area contributed by atoms with Gasteiger partial charge in [0.25, 0.3) is 0 Å². The van der Waals surface area contributed by atoms with Gasteiger partial charge in [0, 0.05) is 25.7 Å². The molecule has 0 radical (unpaired) electrons. The van der Waals surface area contributed by atoms with Gasteiger partial charge in [-0.05, 0) is 31.6 Å². The Hall–Kier alpha value is -0.120. The van der Waals surface area contributed by atoms with Gasteiger partial charge in [0.05, 0.1) is 13.2 Å². The quantitative estimate of drug-likeness (QED) is 0.587. The van der Waals surface area contributed by atoms with Gasteiger partial charge in [0.2, 0.25) is 0 Å². The molecule has 2 aliphatic rings. The zero-order chi connectivity index (χ0) is 9.80. The van der Waals surface area contributed by atoms with E-state index >= 15 is 0 Å². The second-order valence-electron chi connectivity index (χ2n) is 4.57. The third kappa shape index (κ3) is 3.56. The molecule has 0 unspecified atom stereocenters. The Labute approximate surface area is 86.6 Å². The zero-order valence-corrected chi connectivity index (χ0v) is 8.95. The van der Waals surface area contributed by atoms with Gasteiger partial charge in [-0.1, -0.05) is 0 Å². The molecular weight excluding hydrogens is 176 g/mol. The first-order chi connectivity index (χ1) is 6.90. The number of hydrogen-bond acceptors (Lipinski definition) is 3. The largest absolute Gasteiger partial charge is 0.379 e. The summed E-state index contributed by atoms with van der Waals surface area (Å²) >= 11 is 0. The lowest BCUT2D eigenvalue weighted by Crippen LogP contribution is -2.32. The Balaban J connectivity index is 1.57. The fraction of sp³-hybridized carbons (Fsp3) is 1.00. The zero-order valence-electron chi connectivity index (χ0n) is 8.95. The molecule has 3 heteroatoms. The molecule has 0 aliphatic heterocycles. The molecule has 2 N–H and O–H groups in total. The van der Waals surface area contributed by atoms with Crippen molar-refractivity contribution in [1.82, 2.24) is 4.90 Å². The van der Waals surface area contributed by atoms with E-state index in [9.17, 15) is 0 Å². The van der Waals surface area contributed by atoms with Gasteiger partial charge in [-0.25, -0.2) is 0 Å². The van der Waals surface area contributed by atoms with Crippen LogP contribution in [0.25, 0.3) is 0 Å². The van der Waals surface area contributed by atoms with E-state index in [1.165, 1.54) is 32.2 Å². The van der Waals surface area contributed by atoms with Crippen LogP contribution in [-0.4, -0.2) is 43.8 Å². The molecule has 3 nitrogen and oxygen atoms in total. The number of ether oxygens (including phenoxy) is 1. The van der Waals surface area contributed by atoms with Gasteiger partial charge >= 0.3 is 0 Å². The average molecular weight is 198 g/mol. The van der Waals surface area contributed by atoms with Crippen LogP contribution in [-0.2, 0) is 4.74 Å². The monoisotopic (exact) mass is 198 g/mol. The van der Waals surface area contributed by atoms with Crippen molar-refractivity contribution >= 4 is 0 Å². The van der Waals surface area contributed by atoms with Crippen molar-refractivity contribution in [2.45, 2.75) is 31.7 Å². The molecule has 2 aliphatic carbocycles. The fourth-order valence-electron chi connectivity index (χ4n) is 1.86. The van der Waals surface area contributed by atoms with E-state index in [0.29, 0.717) is 13.2 Å². The maximum Gasteiger partial charge on any atom is 0.0594 e. The van der Waals surface area contributed by atoms with Crippen molar-refractivity contribution in [3.05, 3.63) is 0 Å². The molecule has 0 aromatic carbocycles. The van der Waals surface area contributed by atoms with Crippen molar-refractivity contribution < 1.29 is 4.74 Å². The summed E-state index contributed by atoms with van der Waals surface area (Å²) in [5.74, 6) is 1.00. The van der Waals surface area contributed by atoms with Gasteiger partial charge < -0.3 is 10.5 Å². The second kappa shape index (κ2) is 5.10. The van der Waals surface area contributed by atoms with Crippen LogP contribution in [0.15, 0.2) is 0 Å². The summed E-state index contributed by atoms with van der Waals surface area (Å²) < 4.78 is 5.43. The number of rotatable bonds is 8. The molecule has 82 valence electrons. The van der Waals surface area contributed by atoms with Gasteiger partial charge in [0.1, 0.15) is 0 Å². The predicted molar refractivity (Wildman–Crippen MR) is 57.2 cm³/mol. The van der Waals surface area contributed by atoms with Crippen LogP contribution in [0.1, 0.15) is 25.7 Å². The molecule has 0 aromatic rings. The van der Waals surface area contributed by atoms with Gasteiger partial charge in [-0.3, -0.25) is 4.90 Å². The summed E-state index contributed by atoms with van der Waals surface area (Å²) in [6.45, 7) is 4.65. The SMILES string of the molecule is NCCOCCN(CC1CC1)C1CC1. The Bertz CT molecular complexity index is 167. The highest BCUT2D eigenvalue weighted by atomic mass is 16.5. The number of nitrogens with zero attached hydrogens (tertiary/aromatic N) is 1. The highest BCUT2D eigenvalue weighted by Crippen LogP contribution is 2.34. The summed E-state index contributed by atoms with van der Waals surface area (Å²) in [4.78, 5) is 2.62. The normalized spacial score (nSPS) is 21.9. The Kier molecular flexibility index (Phi) is 3.79. The molecule has 2 saturated carbocycles. The first-order valence-electron chi connectivity index (χ1n) is 5.92. The molecule has 0 aromatic heterocycles. The van der Waals surface area contributed by atoms with Crippen LogP contribution < -0.4 is 5.73 Å². The van der Waals surface area contributed by atoms with Crippen LogP contribution in [0, 0.1) is 5.92 Å². The van der Waals surface area contributed by atoms with E-state index in [4.69, 9.17) is 10.5 Å². The van der Waals surface area contributed by atoms with Gasteiger partial charge in [-0.2, -0.15) is 0 Å². The van der Waals surface area contributed by atoms with E-state index in [1.54, 1.807) is 0 Å². The van der Waals surface area contributed by atoms with Gasteiger partial charge in [-0.15, -0.1) is 0 Å². The summed E-state index contributed by atoms with van der Waals surface area (Å²) in [5.41, 5.74) is 5.37. The lowest BCUT2D eigenvalue weighted by molar-refractivity contribution is 0.104. The van der Waals surface area contributed by atoms with Crippen LogP contribution in [0.5, 0.6) is 0 Å². The minimum atomic E-state index is 0.645. The van der Waals surface area contributed by atoms with E-state index in [0.717, 1.165) is 25.1 Å². The third-order valence-electron chi connectivity index (χ3n) is 3.04. The molecule has 2 fully saturated rings. The Morgan fingerprint density at radius 3 is 2.50 bits per heavy atom. The van der Waals surface area contributed by atoms with E-state index < -0.39 is 0 Å². The Morgan fingerprint density at radius 1 is 1.14 bits per heavy atom. The minimum absolute atomic E-state index is 0.645. The van der Waals surface area contributed by atoms with Crippen LogP contribution in [0.3, 0.4) is 0 Å². The number of hydrogen-bond donors (Lipinski definition) is 1. The lowest BCUT2D eigenvalue weighted by Gasteiger charge is -2.21. The van der Waals surface area contributed by atoms with Crippen molar-refractivity contribution in [2.75, 3.05) is 32.8 Å². The summed E-state index contributed by atoms with van der Waals surface area (Å²) in [5, 5.41) is 0. The highest BCUT2D eigenvalue weighted by molar-refractivity contribution is 4.88. The minimum Gasteiger partial charge on any atom is -0.379 e. The summed E-state index contributed by atoms with van der Waals surface area (Å²) in [6, 6.07) is 0.886. The van der Waals surface area contributed by atoms with Crippen molar-refractivity contribution in [3.8, 4) is 0 Å². The van der Waals surface area contributed by atoms with Crippen LogP contribution in [0.4, 0.5) is 0 Å².